The fourth-order valence-electron chi connectivity index (χ4n) is 2.04. The lowest BCUT2D eigenvalue weighted by molar-refractivity contribution is -0.116. The zero-order valence-corrected chi connectivity index (χ0v) is 13.6. The van der Waals surface area contributed by atoms with E-state index in [0.717, 1.165) is 5.69 Å². The van der Waals surface area contributed by atoms with E-state index >= 15 is 0 Å². The smallest absolute Gasteiger partial charge is 0.261 e. The number of thiazole rings is 1. The van der Waals surface area contributed by atoms with Crippen LogP contribution in [0.5, 0.6) is 0 Å². The molecule has 1 aliphatic carbocycles. The van der Waals surface area contributed by atoms with Crippen LogP contribution in [0, 0.1) is 0 Å². The largest absolute Gasteiger partial charge is 0.351 e. The molecular formula is C15H17N3O2S2. The molecule has 5 nitrogen and oxygen atoms in total. The number of carbonyl (C=O) groups excluding carboxylic acids is 2. The van der Waals surface area contributed by atoms with Gasteiger partial charge >= 0.3 is 0 Å². The summed E-state index contributed by atoms with van der Waals surface area (Å²) in [4.78, 5) is 28.6. The Morgan fingerprint density at radius 1 is 1.32 bits per heavy atom. The molecule has 0 bridgehead atoms. The summed E-state index contributed by atoms with van der Waals surface area (Å²) in [6, 6.07) is 3.63. The maximum Gasteiger partial charge on any atom is 0.261 e. The van der Waals surface area contributed by atoms with E-state index in [1.807, 2.05) is 16.8 Å². The molecule has 3 rings (SSSR count). The molecule has 0 saturated heterocycles. The molecule has 2 N–H and O–H groups in total. The van der Waals surface area contributed by atoms with Crippen LogP contribution in [0.3, 0.4) is 0 Å². The lowest BCUT2D eigenvalue weighted by Crippen LogP contribution is -2.24. The van der Waals surface area contributed by atoms with E-state index in [2.05, 4.69) is 15.6 Å². The number of hydrogen-bond acceptors (Lipinski definition) is 5. The van der Waals surface area contributed by atoms with Crippen molar-refractivity contribution in [2.75, 3.05) is 11.9 Å². The minimum atomic E-state index is -0.0793. The number of amides is 2. The SMILES string of the molecule is O=C(CCCNC(=O)c1cccs1)Nc1nc(C2CC2)cs1. The Morgan fingerprint density at radius 3 is 2.91 bits per heavy atom. The predicted octanol–water partition coefficient (Wildman–Crippen LogP) is 3.23. The molecule has 0 spiro atoms. The second-order valence-electron chi connectivity index (χ2n) is 5.24. The van der Waals surface area contributed by atoms with Gasteiger partial charge in [0.25, 0.3) is 5.91 Å². The van der Waals surface area contributed by atoms with Gasteiger partial charge in [-0.2, -0.15) is 0 Å². The van der Waals surface area contributed by atoms with E-state index < -0.39 is 0 Å². The zero-order chi connectivity index (χ0) is 15.4. The maximum atomic E-state index is 11.8. The normalized spacial score (nSPS) is 13.8. The zero-order valence-electron chi connectivity index (χ0n) is 12.0. The van der Waals surface area contributed by atoms with Crippen LogP contribution in [0.15, 0.2) is 22.9 Å². The summed E-state index contributed by atoms with van der Waals surface area (Å²) in [5.41, 5.74) is 1.10. The summed E-state index contributed by atoms with van der Waals surface area (Å²) in [7, 11) is 0. The number of nitrogens with zero attached hydrogens (tertiary/aromatic N) is 1. The Morgan fingerprint density at radius 2 is 2.18 bits per heavy atom. The monoisotopic (exact) mass is 335 g/mol. The van der Waals surface area contributed by atoms with Crippen LogP contribution >= 0.6 is 22.7 Å². The number of carbonyl (C=O) groups is 2. The molecule has 0 radical (unpaired) electrons. The van der Waals surface area contributed by atoms with E-state index in [0.29, 0.717) is 35.3 Å². The highest BCUT2D eigenvalue weighted by molar-refractivity contribution is 7.14. The van der Waals surface area contributed by atoms with Crippen molar-refractivity contribution in [2.45, 2.75) is 31.6 Å². The first-order valence-electron chi connectivity index (χ1n) is 7.29. The summed E-state index contributed by atoms with van der Waals surface area (Å²) in [5, 5.41) is 10.2. The Labute approximate surface area is 136 Å². The second kappa shape index (κ2) is 7.02. The molecule has 7 heteroatoms. The summed E-state index contributed by atoms with van der Waals surface area (Å²) in [6.07, 6.45) is 3.41. The third-order valence-corrected chi connectivity index (χ3v) is 5.02. The molecule has 2 aromatic rings. The fraction of sp³-hybridized carbons (Fsp3) is 0.400. The van der Waals surface area contributed by atoms with Gasteiger partial charge in [0.15, 0.2) is 5.13 Å². The summed E-state index contributed by atoms with van der Waals surface area (Å²) in [6.45, 7) is 0.495. The Kier molecular flexibility index (Phi) is 4.84. The third kappa shape index (κ3) is 4.14. The van der Waals surface area contributed by atoms with Gasteiger partial charge in [-0.15, -0.1) is 22.7 Å². The predicted molar refractivity (Wildman–Crippen MR) is 88.6 cm³/mol. The maximum absolute atomic E-state index is 11.8. The molecule has 2 aromatic heterocycles. The molecule has 116 valence electrons. The van der Waals surface area contributed by atoms with Crippen LogP contribution in [0.25, 0.3) is 0 Å². The molecular weight excluding hydrogens is 318 g/mol. The van der Waals surface area contributed by atoms with Crippen molar-refractivity contribution in [3.8, 4) is 0 Å². The second-order valence-corrected chi connectivity index (χ2v) is 7.04. The Balaban J connectivity index is 1.34. The van der Waals surface area contributed by atoms with E-state index in [4.69, 9.17) is 0 Å². The van der Waals surface area contributed by atoms with Crippen molar-refractivity contribution in [1.29, 1.82) is 0 Å². The average Bonchev–Trinajstić information content (AvgIpc) is 3.02. The molecule has 1 saturated carbocycles. The van der Waals surface area contributed by atoms with Crippen LogP contribution in [0.1, 0.15) is 47.0 Å². The first-order valence-corrected chi connectivity index (χ1v) is 9.05. The van der Waals surface area contributed by atoms with Gasteiger partial charge in [0, 0.05) is 24.3 Å². The van der Waals surface area contributed by atoms with Crippen molar-refractivity contribution in [2.24, 2.45) is 0 Å². The minimum absolute atomic E-state index is 0.0536. The number of rotatable bonds is 7. The molecule has 1 fully saturated rings. The van der Waals surface area contributed by atoms with Crippen LogP contribution in [0.4, 0.5) is 5.13 Å². The molecule has 2 amide bonds. The van der Waals surface area contributed by atoms with Gasteiger partial charge in [-0.3, -0.25) is 9.59 Å². The Bertz CT molecular complexity index is 648. The van der Waals surface area contributed by atoms with Gasteiger partial charge in [-0.1, -0.05) is 6.07 Å². The van der Waals surface area contributed by atoms with Crippen LogP contribution in [0.2, 0.25) is 0 Å². The third-order valence-electron chi connectivity index (χ3n) is 3.38. The van der Waals surface area contributed by atoms with E-state index in [-0.39, 0.29) is 11.8 Å². The van der Waals surface area contributed by atoms with Crippen molar-refractivity contribution >= 4 is 39.6 Å². The first-order chi connectivity index (χ1) is 10.7. The number of aromatic nitrogens is 1. The van der Waals surface area contributed by atoms with Gasteiger partial charge in [0.1, 0.15) is 0 Å². The van der Waals surface area contributed by atoms with Crippen LogP contribution < -0.4 is 10.6 Å². The van der Waals surface area contributed by atoms with Crippen molar-refractivity contribution in [3.63, 3.8) is 0 Å². The summed E-state index contributed by atoms with van der Waals surface area (Å²) < 4.78 is 0. The topological polar surface area (TPSA) is 71.1 Å². The van der Waals surface area contributed by atoms with Gasteiger partial charge < -0.3 is 10.6 Å². The molecule has 2 heterocycles. The molecule has 0 atom stereocenters. The highest BCUT2D eigenvalue weighted by Crippen LogP contribution is 2.40. The van der Waals surface area contributed by atoms with E-state index in [1.54, 1.807) is 6.07 Å². The van der Waals surface area contributed by atoms with Gasteiger partial charge in [-0.05, 0) is 30.7 Å². The van der Waals surface area contributed by atoms with Crippen LogP contribution in [-0.4, -0.2) is 23.3 Å². The standard InChI is InChI=1S/C15H17N3O2S2/c19-13(18-15-17-11(9-22-15)10-5-6-10)4-1-7-16-14(20)12-3-2-8-21-12/h2-3,8-10H,1,4-7H2,(H,16,20)(H,17,18,19). The number of thiophene rings is 1. The number of hydrogen-bond donors (Lipinski definition) is 2. The summed E-state index contributed by atoms with van der Waals surface area (Å²) in [5.74, 6) is 0.473. The summed E-state index contributed by atoms with van der Waals surface area (Å²) >= 11 is 2.89. The molecule has 0 aliphatic heterocycles. The molecule has 0 unspecified atom stereocenters. The van der Waals surface area contributed by atoms with Gasteiger partial charge in [0.2, 0.25) is 5.91 Å². The first kappa shape index (κ1) is 15.2. The molecule has 1 aliphatic rings. The Hall–Kier alpha value is -1.73. The van der Waals surface area contributed by atoms with Crippen molar-refractivity contribution < 1.29 is 9.59 Å². The van der Waals surface area contributed by atoms with Gasteiger partial charge in [0.05, 0.1) is 10.6 Å². The lowest BCUT2D eigenvalue weighted by Gasteiger charge is -2.04. The minimum Gasteiger partial charge on any atom is -0.351 e. The highest BCUT2D eigenvalue weighted by Gasteiger charge is 2.26. The lowest BCUT2D eigenvalue weighted by atomic mass is 10.3. The molecule has 0 aromatic carbocycles. The van der Waals surface area contributed by atoms with Gasteiger partial charge in [-0.25, -0.2) is 4.98 Å². The van der Waals surface area contributed by atoms with Crippen LogP contribution in [-0.2, 0) is 4.79 Å². The average molecular weight is 335 g/mol. The van der Waals surface area contributed by atoms with Crippen molar-refractivity contribution in [1.82, 2.24) is 10.3 Å². The van der Waals surface area contributed by atoms with Crippen molar-refractivity contribution in [3.05, 3.63) is 33.5 Å². The number of anilines is 1. The number of nitrogens with one attached hydrogen (secondary N) is 2. The highest BCUT2D eigenvalue weighted by atomic mass is 32.1. The molecule has 22 heavy (non-hydrogen) atoms. The van der Waals surface area contributed by atoms with E-state index in [9.17, 15) is 9.59 Å². The quantitative estimate of drug-likeness (QED) is 0.763. The fourth-order valence-corrected chi connectivity index (χ4v) is 3.49. The van der Waals surface area contributed by atoms with E-state index in [1.165, 1.54) is 35.5 Å².